The van der Waals surface area contributed by atoms with Crippen LogP contribution in [0, 0.1) is 11.8 Å². The number of aromatic nitrogens is 4. The number of aryl methyl sites for hydroxylation is 1. The number of fused-ring (bicyclic) bond motifs is 1. The van der Waals surface area contributed by atoms with Crippen molar-refractivity contribution in [3.8, 4) is 0 Å². The molecule has 3 saturated heterocycles. The highest BCUT2D eigenvalue weighted by atomic mass is 16.2. The highest BCUT2D eigenvalue weighted by Crippen LogP contribution is 2.32. The standard InChI is InChI=1S/C22H31N7O2/c1-28-21-20(19(27-28)16-2-3-18(30)26-22(16)31)24-13-17(25-21)29-10-6-15(7-11-29)12-14-4-8-23-9-5-14/h13-16,23H,2-12H2,1H3,(H,26,30,31). The van der Waals surface area contributed by atoms with Gasteiger partial charge < -0.3 is 10.2 Å². The SMILES string of the molecule is Cn1nc(C2CCC(=O)NC2=O)c2ncc(N3CCC(CC4CCNCC4)CC3)nc21. The van der Waals surface area contributed by atoms with Crippen LogP contribution in [-0.2, 0) is 16.6 Å². The van der Waals surface area contributed by atoms with Gasteiger partial charge in [0.2, 0.25) is 11.8 Å². The normalized spacial score (nSPS) is 24.0. The molecule has 9 heteroatoms. The predicted octanol–water partition coefficient (Wildman–Crippen LogP) is 1.49. The molecule has 2 amide bonds. The van der Waals surface area contributed by atoms with Crippen LogP contribution in [0.2, 0.25) is 0 Å². The number of carbonyl (C=O) groups excluding carboxylic acids is 2. The maximum Gasteiger partial charge on any atom is 0.235 e. The molecule has 0 aliphatic carbocycles. The van der Waals surface area contributed by atoms with Gasteiger partial charge in [-0.1, -0.05) is 0 Å². The third kappa shape index (κ3) is 4.15. The molecule has 31 heavy (non-hydrogen) atoms. The van der Waals surface area contributed by atoms with E-state index in [1.807, 2.05) is 13.2 Å². The van der Waals surface area contributed by atoms with Crippen LogP contribution < -0.4 is 15.5 Å². The van der Waals surface area contributed by atoms with Crippen molar-refractivity contribution >= 4 is 28.8 Å². The lowest BCUT2D eigenvalue weighted by Gasteiger charge is -2.35. The van der Waals surface area contributed by atoms with Crippen LogP contribution in [0.15, 0.2) is 6.20 Å². The van der Waals surface area contributed by atoms with Crippen LogP contribution in [0.4, 0.5) is 5.82 Å². The number of rotatable bonds is 4. The van der Waals surface area contributed by atoms with Gasteiger partial charge in [0.1, 0.15) is 17.0 Å². The molecule has 2 aromatic heterocycles. The Morgan fingerprint density at radius 2 is 1.81 bits per heavy atom. The smallest absolute Gasteiger partial charge is 0.235 e. The summed E-state index contributed by atoms with van der Waals surface area (Å²) >= 11 is 0. The first kappa shape index (κ1) is 20.4. The van der Waals surface area contributed by atoms with E-state index in [0.29, 0.717) is 29.7 Å². The second-order valence-corrected chi connectivity index (χ2v) is 9.27. The van der Waals surface area contributed by atoms with Gasteiger partial charge in [-0.2, -0.15) is 5.10 Å². The molecule has 3 fully saturated rings. The van der Waals surface area contributed by atoms with Crippen molar-refractivity contribution in [2.24, 2.45) is 18.9 Å². The quantitative estimate of drug-likeness (QED) is 0.715. The van der Waals surface area contributed by atoms with E-state index in [-0.39, 0.29) is 11.8 Å². The molecule has 5 heterocycles. The van der Waals surface area contributed by atoms with Gasteiger partial charge in [0.25, 0.3) is 0 Å². The number of anilines is 1. The summed E-state index contributed by atoms with van der Waals surface area (Å²) in [6.45, 7) is 4.36. The van der Waals surface area contributed by atoms with E-state index in [1.165, 1.54) is 45.2 Å². The Morgan fingerprint density at radius 3 is 2.55 bits per heavy atom. The van der Waals surface area contributed by atoms with E-state index in [4.69, 9.17) is 4.98 Å². The molecule has 0 spiro atoms. The number of nitrogens with zero attached hydrogens (tertiary/aromatic N) is 5. The number of imide groups is 1. The molecule has 3 aliphatic rings. The Balaban J connectivity index is 1.28. The second-order valence-electron chi connectivity index (χ2n) is 9.27. The molecule has 3 aliphatic heterocycles. The number of carbonyl (C=O) groups is 2. The van der Waals surface area contributed by atoms with E-state index >= 15 is 0 Å². The van der Waals surface area contributed by atoms with Crippen molar-refractivity contribution in [1.82, 2.24) is 30.4 Å². The summed E-state index contributed by atoms with van der Waals surface area (Å²) in [5.74, 6) is 1.61. The van der Waals surface area contributed by atoms with Crippen molar-refractivity contribution < 1.29 is 9.59 Å². The lowest BCUT2D eigenvalue weighted by molar-refractivity contribution is -0.134. The zero-order valence-electron chi connectivity index (χ0n) is 18.1. The van der Waals surface area contributed by atoms with Crippen molar-refractivity contribution in [3.05, 3.63) is 11.9 Å². The fourth-order valence-corrected chi connectivity index (χ4v) is 5.36. The first-order valence-corrected chi connectivity index (χ1v) is 11.6. The van der Waals surface area contributed by atoms with Crippen molar-refractivity contribution in [2.75, 3.05) is 31.1 Å². The van der Waals surface area contributed by atoms with Crippen LogP contribution >= 0.6 is 0 Å². The minimum absolute atomic E-state index is 0.224. The summed E-state index contributed by atoms with van der Waals surface area (Å²) in [7, 11) is 1.83. The van der Waals surface area contributed by atoms with Crippen LogP contribution in [0.5, 0.6) is 0 Å². The molecule has 0 saturated carbocycles. The van der Waals surface area contributed by atoms with Crippen LogP contribution in [0.25, 0.3) is 11.2 Å². The molecule has 0 radical (unpaired) electrons. The predicted molar refractivity (Wildman–Crippen MR) is 117 cm³/mol. The van der Waals surface area contributed by atoms with Gasteiger partial charge in [-0.15, -0.1) is 0 Å². The van der Waals surface area contributed by atoms with Gasteiger partial charge in [-0.05, 0) is 63.5 Å². The van der Waals surface area contributed by atoms with Gasteiger partial charge >= 0.3 is 0 Å². The molecule has 9 nitrogen and oxygen atoms in total. The minimum Gasteiger partial charge on any atom is -0.355 e. The van der Waals surface area contributed by atoms with Crippen molar-refractivity contribution in [3.63, 3.8) is 0 Å². The fourth-order valence-electron chi connectivity index (χ4n) is 5.36. The average molecular weight is 426 g/mol. The molecule has 2 aromatic rings. The number of hydrogen-bond acceptors (Lipinski definition) is 7. The Labute approximate surface area is 182 Å². The first-order chi connectivity index (χ1) is 15.1. The van der Waals surface area contributed by atoms with Gasteiger partial charge in [0.15, 0.2) is 5.65 Å². The largest absolute Gasteiger partial charge is 0.355 e. The lowest BCUT2D eigenvalue weighted by Crippen LogP contribution is -2.39. The van der Waals surface area contributed by atoms with Crippen LogP contribution in [-0.4, -0.2) is 57.7 Å². The fraction of sp³-hybridized carbons (Fsp3) is 0.682. The number of nitrogens with one attached hydrogen (secondary N) is 2. The zero-order valence-corrected chi connectivity index (χ0v) is 18.1. The van der Waals surface area contributed by atoms with Gasteiger partial charge in [0, 0.05) is 26.6 Å². The van der Waals surface area contributed by atoms with Crippen molar-refractivity contribution in [2.45, 2.75) is 50.9 Å². The molecule has 5 rings (SSSR count). The number of piperidine rings is 3. The number of hydrogen-bond donors (Lipinski definition) is 2. The summed E-state index contributed by atoms with van der Waals surface area (Å²) < 4.78 is 1.70. The third-order valence-corrected chi connectivity index (χ3v) is 7.18. The monoisotopic (exact) mass is 425 g/mol. The summed E-state index contributed by atoms with van der Waals surface area (Å²) in [4.78, 5) is 35.6. The minimum atomic E-state index is -0.452. The molecule has 0 bridgehead atoms. The van der Waals surface area contributed by atoms with E-state index in [1.54, 1.807) is 4.68 Å². The molecular weight excluding hydrogens is 394 g/mol. The van der Waals surface area contributed by atoms with Gasteiger partial charge in [0.05, 0.1) is 12.1 Å². The zero-order chi connectivity index (χ0) is 21.4. The lowest BCUT2D eigenvalue weighted by atomic mass is 9.83. The topological polar surface area (TPSA) is 105 Å². The van der Waals surface area contributed by atoms with Gasteiger partial charge in [-0.25, -0.2) is 14.6 Å². The summed E-state index contributed by atoms with van der Waals surface area (Å²) in [6, 6.07) is 0. The van der Waals surface area contributed by atoms with Crippen molar-refractivity contribution in [1.29, 1.82) is 0 Å². The highest BCUT2D eigenvalue weighted by Gasteiger charge is 2.33. The Morgan fingerprint density at radius 1 is 1.06 bits per heavy atom. The maximum atomic E-state index is 12.3. The first-order valence-electron chi connectivity index (χ1n) is 11.6. The molecule has 166 valence electrons. The summed E-state index contributed by atoms with van der Waals surface area (Å²) in [5, 5.41) is 10.4. The van der Waals surface area contributed by atoms with E-state index in [0.717, 1.165) is 30.7 Å². The summed E-state index contributed by atoms with van der Waals surface area (Å²) in [5.41, 5.74) is 1.96. The van der Waals surface area contributed by atoms with E-state index < -0.39 is 5.92 Å². The van der Waals surface area contributed by atoms with E-state index in [9.17, 15) is 9.59 Å². The van der Waals surface area contributed by atoms with Crippen LogP contribution in [0.3, 0.4) is 0 Å². The second kappa shape index (κ2) is 8.53. The molecule has 1 atom stereocenters. The van der Waals surface area contributed by atoms with E-state index in [2.05, 4.69) is 25.6 Å². The third-order valence-electron chi connectivity index (χ3n) is 7.18. The molecule has 1 unspecified atom stereocenters. The highest BCUT2D eigenvalue weighted by molar-refractivity contribution is 6.02. The molecule has 2 N–H and O–H groups in total. The van der Waals surface area contributed by atoms with Gasteiger partial charge in [-0.3, -0.25) is 14.9 Å². The van der Waals surface area contributed by atoms with Crippen LogP contribution in [0.1, 0.15) is 56.6 Å². The Kier molecular flexibility index (Phi) is 5.60. The molecular formula is C22H31N7O2. The Bertz CT molecular complexity index is 974. The number of amides is 2. The maximum absolute atomic E-state index is 12.3. The average Bonchev–Trinajstić information content (AvgIpc) is 3.11. The molecule has 0 aromatic carbocycles. The Hall–Kier alpha value is -2.55. The summed E-state index contributed by atoms with van der Waals surface area (Å²) in [6.07, 6.45) is 9.00.